The first-order valence-corrected chi connectivity index (χ1v) is 17.3. The average Bonchev–Trinajstić information content (AvgIpc) is 3.14. The molecule has 0 aromatic heterocycles. The molecular formula is C38H43N5O12. The van der Waals surface area contributed by atoms with Gasteiger partial charge in [0.2, 0.25) is 0 Å². The lowest BCUT2D eigenvalue weighted by atomic mass is 10.1. The van der Waals surface area contributed by atoms with Crippen LogP contribution in [0.15, 0.2) is 97.1 Å². The molecule has 0 N–H and O–H groups in total. The van der Waals surface area contributed by atoms with Crippen molar-refractivity contribution in [2.24, 2.45) is 0 Å². The number of nitrogens with zero attached hydrogens (tertiary/aromatic N) is 5. The fourth-order valence-electron chi connectivity index (χ4n) is 4.85. The molecule has 0 aliphatic heterocycles. The lowest BCUT2D eigenvalue weighted by Gasteiger charge is -2.27. The Morgan fingerprint density at radius 3 is 1.31 bits per heavy atom. The van der Waals surface area contributed by atoms with Gasteiger partial charge < -0.3 is 19.1 Å². The molecule has 292 valence electrons. The molecule has 0 heterocycles. The number of nitro benzene ring substituents is 4. The molecule has 4 aromatic rings. The van der Waals surface area contributed by atoms with Crippen LogP contribution in [0.3, 0.4) is 0 Å². The molecule has 17 nitrogen and oxygen atoms in total. The molecule has 0 aliphatic rings. The third-order valence-electron chi connectivity index (χ3n) is 7.72. The van der Waals surface area contributed by atoms with E-state index in [1.807, 2.05) is 0 Å². The fourth-order valence-corrected chi connectivity index (χ4v) is 4.85. The van der Waals surface area contributed by atoms with Crippen molar-refractivity contribution in [2.75, 3.05) is 26.3 Å². The smallest absolute Gasteiger partial charge is 0.410 e. The zero-order valence-corrected chi connectivity index (χ0v) is 30.7. The molecule has 0 radical (unpaired) electrons. The minimum Gasteiger partial charge on any atom is -0.494 e. The number of non-ortho nitro benzene ring substituents is 4. The van der Waals surface area contributed by atoms with E-state index >= 15 is 0 Å². The molecule has 0 saturated heterocycles. The van der Waals surface area contributed by atoms with Crippen molar-refractivity contribution >= 4 is 28.8 Å². The first-order valence-electron chi connectivity index (χ1n) is 17.3. The molecular weight excluding hydrogens is 718 g/mol. The highest BCUT2D eigenvalue weighted by Crippen LogP contribution is 2.20. The minimum absolute atomic E-state index is 0.00393. The van der Waals surface area contributed by atoms with Gasteiger partial charge in [0.15, 0.2) is 0 Å². The number of aryl methyl sites for hydroxylation is 1. The Morgan fingerprint density at radius 1 is 0.527 bits per heavy atom. The van der Waals surface area contributed by atoms with Crippen LogP contribution in [0.2, 0.25) is 0 Å². The van der Waals surface area contributed by atoms with Crippen LogP contribution in [0.5, 0.6) is 11.5 Å². The Bertz CT molecular complexity index is 1800. The van der Waals surface area contributed by atoms with Gasteiger partial charge >= 0.3 is 6.09 Å². The summed E-state index contributed by atoms with van der Waals surface area (Å²) in [5, 5.41) is 42.6. The summed E-state index contributed by atoms with van der Waals surface area (Å²) in [6.45, 7) is 6.59. The summed E-state index contributed by atoms with van der Waals surface area (Å²) in [5.41, 5.74) is 1.38. The molecule has 1 amide bonds. The van der Waals surface area contributed by atoms with Crippen molar-refractivity contribution < 1.29 is 38.7 Å². The van der Waals surface area contributed by atoms with Crippen molar-refractivity contribution in [3.8, 4) is 11.5 Å². The van der Waals surface area contributed by atoms with E-state index in [0.717, 1.165) is 36.8 Å². The van der Waals surface area contributed by atoms with Crippen LogP contribution in [0.1, 0.15) is 51.2 Å². The van der Waals surface area contributed by atoms with Crippen molar-refractivity contribution in [3.63, 3.8) is 0 Å². The van der Waals surface area contributed by atoms with Gasteiger partial charge in [-0.25, -0.2) is 4.79 Å². The lowest BCUT2D eigenvalue weighted by Crippen LogP contribution is -2.40. The maximum absolute atomic E-state index is 12.6. The van der Waals surface area contributed by atoms with Crippen LogP contribution in [-0.2, 0) is 17.6 Å². The van der Waals surface area contributed by atoms with Crippen LogP contribution in [0.4, 0.5) is 27.5 Å². The van der Waals surface area contributed by atoms with Crippen molar-refractivity contribution in [1.29, 1.82) is 0 Å². The number of nitro groups is 4. The molecule has 0 unspecified atom stereocenters. The molecule has 0 spiro atoms. The Hall–Kier alpha value is -6.65. The van der Waals surface area contributed by atoms with Gasteiger partial charge in [-0.05, 0) is 88.3 Å². The number of carbonyl (C=O) groups excluding carboxylic acids is 1. The third kappa shape index (κ3) is 15.9. The summed E-state index contributed by atoms with van der Waals surface area (Å²) in [6, 6.07) is 24.5. The van der Waals surface area contributed by atoms with Gasteiger partial charge in [0, 0.05) is 55.1 Å². The van der Waals surface area contributed by atoms with E-state index in [9.17, 15) is 45.3 Å². The number of ether oxygens (including phenoxy) is 3. The molecule has 0 aliphatic carbocycles. The third-order valence-corrected chi connectivity index (χ3v) is 7.72. The van der Waals surface area contributed by atoms with Crippen LogP contribution in [-0.4, -0.2) is 62.6 Å². The maximum atomic E-state index is 12.6. The van der Waals surface area contributed by atoms with E-state index in [0.29, 0.717) is 31.1 Å². The van der Waals surface area contributed by atoms with E-state index in [1.165, 1.54) is 65.6 Å². The Kier molecular flexibility index (Phi) is 16.4. The van der Waals surface area contributed by atoms with Crippen molar-refractivity contribution in [1.82, 2.24) is 4.90 Å². The predicted molar refractivity (Wildman–Crippen MR) is 202 cm³/mol. The molecule has 0 saturated carbocycles. The zero-order valence-electron chi connectivity index (χ0n) is 30.7. The SMILES string of the molecule is CC(C)(C)OC(=O)N(CCOc1ccc([N+](=O)[O-])cc1)CCc1ccc([N+](=O)[O-])cc1.O=[N+]([O-])c1ccc(CCCCCOc2ccc([N+](=O)[O-])cc2)cc1. The minimum atomic E-state index is -0.665. The summed E-state index contributed by atoms with van der Waals surface area (Å²) in [4.78, 5) is 54.9. The second-order valence-electron chi connectivity index (χ2n) is 13.1. The van der Waals surface area contributed by atoms with Gasteiger partial charge in [0.1, 0.15) is 23.7 Å². The highest BCUT2D eigenvalue weighted by Gasteiger charge is 2.22. The van der Waals surface area contributed by atoms with Gasteiger partial charge in [-0.2, -0.15) is 0 Å². The van der Waals surface area contributed by atoms with Crippen LogP contribution in [0, 0.1) is 40.5 Å². The molecule has 0 atom stereocenters. The first kappa shape index (κ1) is 42.8. The van der Waals surface area contributed by atoms with E-state index in [4.69, 9.17) is 14.2 Å². The monoisotopic (exact) mass is 761 g/mol. The highest BCUT2D eigenvalue weighted by molar-refractivity contribution is 5.68. The van der Waals surface area contributed by atoms with Gasteiger partial charge in [-0.1, -0.05) is 24.3 Å². The van der Waals surface area contributed by atoms with Gasteiger partial charge in [0.05, 0.1) is 32.8 Å². The molecule has 4 aromatic carbocycles. The van der Waals surface area contributed by atoms with Crippen LogP contribution >= 0.6 is 0 Å². The maximum Gasteiger partial charge on any atom is 0.410 e. The first-order chi connectivity index (χ1) is 26.1. The summed E-state index contributed by atoms with van der Waals surface area (Å²) < 4.78 is 16.6. The van der Waals surface area contributed by atoms with E-state index in [-0.39, 0.29) is 35.9 Å². The largest absolute Gasteiger partial charge is 0.494 e. The van der Waals surface area contributed by atoms with E-state index in [2.05, 4.69) is 0 Å². The van der Waals surface area contributed by atoms with Crippen molar-refractivity contribution in [3.05, 3.63) is 149 Å². The Morgan fingerprint density at radius 2 is 0.909 bits per heavy atom. The zero-order chi connectivity index (χ0) is 40.4. The number of hydrogen-bond donors (Lipinski definition) is 0. The van der Waals surface area contributed by atoms with Crippen LogP contribution in [0.25, 0.3) is 0 Å². The van der Waals surface area contributed by atoms with E-state index < -0.39 is 31.4 Å². The highest BCUT2D eigenvalue weighted by atomic mass is 16.6. The standard InChI is InChI=1S/C21H25N3O7.C17H18N2O5/c1-21(2,3)31-20(25)22(13-12-16-4-6-17(7-5-16)23(26)27)14-15-30-19-10-8-18(9-11-19)24(28)29;20-18(21)15-7-5-14(6-8-15)4-2-1-3-13-24-17-11-9-16(10-12-17)19(22)23/h4-11H,12-15H2,1-3H3;5-12H,1-4,13H2. The molecule has 0 bridgehead atoms. The number of hydrogen-bond acceptors (Lipinski definition) is 12. The molecule has 0 fully saturated rings. The van der Waals surface area contributed by atoms with Gasteiger partial charge in [-0.15, -0.1) is 0 Å². The topological polar surface area (TPSA) is 221 Å². The number of unbranched alkanes of at least 4 members (excludes halogenated alkanes) is 2. The van der Waals surface area contributed by atoms with Crippen molar-refractivity contribution in [2.45, 2.75) is 58.5 Å². The Labute approximate surface area is 317 Å². The predicted octanol–water partition coefficient (Wildman–Crippen LogP) is 8.66. The van der Waals surface area contributed by atoms with Crippen LogP contribution < -0.4 is 9.47 Å². The number of rotatable bonds is 18. The van der Waals surface area contributed by atoms with Gasteiger partial charge in [-0.3, -0.25) is 40.5 Å². The lowest BCUT2D eigenvalue weighted by molar-refractivity contribution is -0.385. The van der Waals surface area contributed by atoms with E-state index in [1.54, 1.807) is 57.2 Å². The average molecular weight is 762 g/mol. The normalized spacial score (nSPS) is 10.7. The Balaban J connectivity index is 0.000000305. The second-order valence-corrected chi connectivity index (χ2v) is 13.1. The molecule has 4 rings (SSSR count). The fraction of sp³-hybridized carbons (Fsp3) is 0.342. The summed E-state index contributed by atoms with van der Waals surface area (Å²) >= 11 is 0. The summed E-state index contributed by atoms with van der Waals surface area (Å²) in [6.07, 6.45) is 3.68. The number of amides is 1. The van der Waals surface area contributed by atoms with Gasteiger partial charge in [0.25, 0.3) is 22.7 Å². The summed E-state index contributed by atoms with van der Waals surface area (Å²) in [5.74, 6) is 1.07. The number of carbonyl (C=O) groups is 1. The molecule has 17 heteroatoms. The quantitative estimate of drug-likeness (QED) is 0.0528. The second kappa shape index (κ2) is 21.2. The summed E-state index contributed by atoms with van der Waals surface area (Å²) in [7, 11) is 0. The molecule has 55 heavy (non-hydrogen) atoms. The number of benzene rings is 4.